The van der Waals surface area contributed by atoms with Crippen LogP contribution in [0, 0.1) is 0 Å². The molecular formula is C16H19N3O3. The van der Waals surface area contributed by atoms with Gasteiger partial charge < -0.3 is 10.2 Å². The SMILES string of the molecule is CC(CC(=O)N1CCNCC1)N1C(=O)c2ccccc2C1=O. The van der Waals surface area contributed by atoms with Crippen molar-refractivity contribution in [2.24, 2.45) is 0 Å². The normalized spacial score (nSPS) is 19.3. The molecule has 2 aliphatic heterocycles. The second-order valence-electron chi connectivity index (χ2n) is 5.71. The summed E-state index contributed by atoms with van der Waals surface area (Å²) < 4.78 is 0. The van der Waals surface area contributed by atoms with Crippen molar-refractivity contribution in [3.05, 3.63) is 35.4 Å². The summed E-state index contributed by atoms with van der Waals surface area (Å²) in [4.78, 5) is 40.0. The Morgan fingerprint density at radius 2 is 1.68 bits per heavy atom. The predicted octanol–water partition coefficient (Wildman–Crippen LogP) is 0.493. The summed E-state index contributed by atoms with van der Waals surface area (Å²) in [5.74, 6) is -0.618. The van der Waals surface area contributed by atoms with E-state index in [4.69, 9.17) is 0 Å². The molecule has 2 aliphatic rings. The van der Waals surface area contributed by atoms with E-state index in [2.05, 4.69) is 5.32 Å². The lowest BCUT2D eigenvalue weighted by Gasteiger charge is -2.30. The van der Waals surface area contributed by atoms with Gasteiger partial charge in [0.15, 0.2) is 0 Å². The highest BCUT2D eigenvalue weighted by atomic mass is 16.2. The zero-order valence-electron chi connectivity index (χ0n) is 12.5. The van der Waals surface area contributed by atoms with Gasteiger partial charge in [0.2, 0.25) is 5.91 Å². The van der Waals surface area contributed by atoms with Crippen molar-refractivity contribution in [1.82, 2.24) is 15.1 Å². The van der Waals surface area contributed by atoms with E-state index >= 15 is 0 Å². The molecule has 1 aromatic rings. The topological polar surface area (TPSA) is 69.7 Å². The van der Waals surface area contributed by atoms with E-state index in [1.165, 1.54) is 4.90 Å². The molecule has 1 saturated heterocycles. The van der Waals surface area contributed by atoms with E-state index in [0.717, 1.165) is 13.1 Å². The highest BCUT2D eigenvalue weighted by molar-refractivity contribution is 6.21. The maximum Gasteiger partial charge on any atom is 0.261 e. The van der Waals surface area contributed by atoms with Crippen LogP contribution < -0.4 is 5.32 Å². The summed E-state index contributed by atoms with van der Waals surface area (Å²) in [7, 11) is 0. The Labute approximate surface area is 129 Å². The van der Waals surface area contributed by atoms with Crippen LogP contribution in [0.2, 0.25) is 0 Å². The van der Waals surface area contributed by atoms with Crippen molar-refractivity contribution in [3.63, 3.8) is 0 Å². The number of imide groups is 1. The number of carbonyl (C=O) groups is 3. The van der Waals surface area contributed by atoms with Crippen molar-refractivity contribution in [3.8, 4) is 0 Å². The number of rotatable bonds is 3. The predicted molar refractivity (Wildman–Crippen MR) is 80.5 cm³/mol. The van der Waals surface area contributed by atoms with Crippen LogP contribution in [0.5, 0.6) is 0 Å². The smallest absolute Gasteiger partial charge is 0.261 e. The minimum absolute atomic E-state index is 0.00874. The van der Waals surface area contributed by atoms with Crippen LogP contribution in [0.15, 0.2) is 24.3 Å². The molecule has 0 aliphatic carbocycles. The van der Waals surface area contributed by atoms with Gasteiger partial charge in [-0.25, -0.2) is 0 Å². The van der Waals surface area contributed by atoms with Crippen LogP contribution in [-0.2, 0) is 4.79 Å². The number of nitrogens with one attached hydrogen (secondary N) is 1. The molecule has 1 aromatic carbocycles. The lowest BCUT2D eigenvalue weighted by Crippen LogP contribution is -2.48. The first kappa shape index (κ1) is 14.7. The lowest BCUT2D eigenvalue weighted by atomic mass is 10.1. The number of hydrogen-bond acceptors (Lipinski definition) is 4. The Morgan fingerprint density at radius 3 is 2.23 bits per heavy atom. The molecule has 6 nitrogen and oxygen atoms in total. The Hall–Kier alpha value is -2.21. The maximum atomic E-state index is 12.4. The number of amides is 3. The van der Waals surface area contributed by atoms with E-state index in [0.29, 0.717) is 24.2 Å². The zero-order valence-corrected chi connectivity index (χ0v) is 12.5. The molecule has 0 saturated carbocycles. The standard InChI is InChI=1S/C16H19N3O3/c1-11(10-14(20)18-8-6-17-7-9-18)19-15(21)12-4-2-3-5-13(12)16(19)22/h2-5,11,17H,6-10H2,1H3. The third-order valence-corrected chi connectivity index (χ3v) is 4.21. The monoisotopic (exact) mass is 301 g/mol. The summed E-state index contributed by atoms with van der Waals surface area (Å²) in [6, 6.07) is 6.35. The van der Waals surface area contributed by atoms with E-state index in [1.54, 1.807) is 36.1 Å². The molecule has 1 fully saturated rings. The molecule has 0 spiro atoms. The van der Waals surface area contributed by atoms with E-state index < -0.39 is 6.04 Å². The first-order valence-electron chi connectivity index (χ1n) is 7.55. The number of benzene rings is 1. The van der Waals surface area contributed by atoms with Gasteiger partial charge in [0.05, 0.1) is 11.1 Å². The average Bonchev–Trinajstić information content (AvgIpc) is 2.80. The molecule has 1 atom stereocenters. The summed E-state index contributed by atoms with van der Waals surface area (Å²) in [6.45, 7) is 4.67. The summed E-state index contributed by atoms with van der Waals surface area (Å²) in [5.41, 5.74) is 0.850. The largest absolute Gasteiger partial charge is 0.340 e. The first-order valence-corrected chi connectivity index (χ1v) is 7.55. The van der Waals surface area contributed by atoms with Gasteiger partial charge in [-0.2, -0.15) is 0 Å². The molecule has 2 heterocycles. The van der Waals surface area contributed by atoms with Crippen molar-refractivity contribution in [1.29, 1.82) is 0 Å². The van der Waals surface area contributed by atoms with Crippen LogP contribution >= 0.6 is 0 Å². The van der Waals surface area contributed by atoms with Gasteiger partial charge in [0, 0.05) is 38.6 Å². The third-order valence-electron chi connectivity index (χ3n) is 4.21. The van der Waals surface area contributed by atoms with Crippen molar-refractivity contribution in [2.75, 3.05) is 26.2 Å². The number of fused-ring (bicyclic) bond motifs is 1. The van der Waals surface area contributed by atoms with Gasteiger partial charge in [-0.3, -0.25) is 19.3 Å². The highest BCUT2D eigenvalue weighted by Crippen LogP contribution is 2.25. The van der Waals surface area contributed by atoms with E-state index in [9.17, 15) is 14.4 Å². The minimum Gasteiger partial charge on any atom is -0.340 e. The summed E-state index contributed by atoms with van der Waals surface area (Å²) in [5, 5.41) is 3.19. The van der Waals surface area contributed by atoms with Gasteiger partial charge in [-0.05, 0) is 19.1 Å². The number of piperazine rings is 1. The molecule has 116 valence electrons. The van der Waals surface area contributed by atoms with Gasteiger partial charge in [0.25, 0.3) is 11.8 Å². The molecule has 22 heavy (non-hydrogen) atoms. The molecule has 1 N–H and O–H groups in total. The van der Waals surface area contributed by atoms with Gasteiger partial charge >= 0.3 is 0 Å². The Morgan fingerprint density at radius 1 is 1.14 bits per heavy atom. The van der Waals surface area contributed by atoms with Gasteiger partial charge in [-0.15, -0.1) is 0 Å². The van der Waals surface area contributed by atoms with Crippen LogP contribution in [0.25, 0.3) is 0 Å². The third kappa shape index (κ3) is 2.50. The fourth-order valence-electron chi connectivity index (χ4n) is 3.00. The molecule has 0 bridgehead atoms. The number of hydrogen-bond donors (Lipinski definition) is 1. The maximum absolute atomic E-state index is 12.4. The second-order valence-corrected chi connectivity index (χ2v) is 5.71. The highest BCUT2D eigenvalue weighted by Gasteiger charge is 2.39. The molecule has 1 unspecified atom stereocenters. The average molecular weight is 301 g/mol. The van der Waals surface area contributed by atoms with Crippen LogP contribution in [0.4, 0.5) is 0 Å². The van der Waals surface area contributed by atoms with Gasteiger partial charge in [-0.1, -0.05) is 12.1 Å². The van der Waals surface area contributed by atoms with Crippen LogP contribution in [0.3, 0.4) is 0 Å². The Bertz CT molecular complexity index is 588. The lowest BCUT2D eigenvalue weighted by molar-refractivity contribution is -0.132. The zero-order chi connectivity index (χ0) is 15.7. The molecule has 3 amide bonds. The van der Waals surface area contributed by atoms with Crippen molar-refractivity contribution in [2.45, 2.75) is 19.4 Å². The van der Waals surface area contributed by atoms with Crippen molar-refractivity contribution >= 4 is 17.7 Å². The van der Waals surface area contributed by atoms with E-state index in [-0.39, 0.29) is 24.1 Å². The first-order chi connectivity index (χ1) is 10.6. The number of carbonyl (C=O) groups excluding carboxylic acids is 3. The second kappa shape index (κ2) is 5.88. The number of nitrogens with zero attached hydrogens (tertiary/aromatic N) is 2. The van der Waals surface area contributed by atoms with E-state index in [1.807, 2.05) is 0 Å². The van der Waals surface area contributed by atoms with Crippen LogP contribution in [0.1, 0.15) is 34.1 Å². The Balaban J connectivity index is 1.71. The summed E-state index contributed by atoms with van der Waals surface area (Å²) in [6.07, 6.45) is 0.172. The molecule has 0 aromatic heterocycles. The fourth-order valence-corrected chi connectivity index (χ4v) is 3.00. The minimum atomic E-state index is -0.435. The van der Waals surface area contributed by atoms with Gasteiger partial charge in [0.1, 0.15) is 0 Å². The molecular weight excluding hydrogens is 282 g/mol. The molecule has 0 radical (unpaired) electrons. The molecule has 3 rings (SSSR count). The fraction of sp³-hybridized carbons (Fsp3) is 0.438. The van der Waals surface area contributed by atoms with Crippen LogP contribution in [-0.4, -0.2) is 59.7 Å². The summed E-state index contributed by atoms with van der Waals surface area (Å²) >= 11 is 0. The quantitative estimate of drug-likeness (QED) is 0.825. The molecule has 6 heteroatoms. The Kier molecular flexibility index (Phi) is 3.94. The van der Waals surface area contributed by atoms with Crippen molar-refractivity contribution < 1.29 is 14.4 Å².